The maximum Gasteiger partial charge on any atom is 0.333 e. The molecule has 2 aromatic carbocycles. The van der Waals surface area contributed by atoms with Gasteiger partial charge in [0.25, 0.3) is 0 Å². The number of carbonyl (C=O) groups excluding carboxylic acids is 3. The van der Waals surface area contributed by atoms with E-state index in [-0.39, 0.29) is 23.4 Å². The van der Waals surface area contributed by atoms with Gasteiger partial charge in [0.15, 0.2) is 5.78 Å². The maximum atomic E-state index is 12.4. The number of ketones is 1. The molecule has 1 aliphatic carbocycles. The van der Waals surface area contributed by atoms with Crippen molar-refractivity contribution < 1.29 is 29.0 Å². The number of amides is 1. The molecule has 0 saturated heterocycles. The summed E-state index contributed by atoms with van der Waals surface area (Å²) in [6.07, 6.45) is 1.89. The molecule has 162 valence electrons. The smallest absolute Gasteiger partial charge is 0.333 e. The molecule has 1 atom stereocenters. The summed E-state index contributed by atoms with van der Waals surface area (Å²) >= 11 is 0. The van der Waals surface area contributed by atoms with Crippen molar-refractivity contribution in [3.05, 3.63) is 65.7 Å². The second kappa shape index (κ2) is 10.0. The number of nitrogens with one attached hydrogen (secondary N) is 1. The van der Waals surface area contributed by atoms with E-state index in [0.717, 1.165) is 0 Å². The van der Waals surface area contributed by atoms with Gasteiger partial charge in [-0.3, -0.25) is 14.4 Å². The van der Waals surface area contributed by atoms with Gasteiger partial charge in [0.1, 0.15) is 11.8 Å². The summed E-state index contributed by atoms with van der Waals surface area (Å²) in [6, 6.07) is 14.3. The van der Waals surface area contributed by atoms with Crippen molar-refractivity contribution >= 4 is 23.6 Å². The van der Waals surface area contributed by atoms with Crippen LogP contribution in [0.5, 0.6) is 5.75 Å². The number of carbonyl (C=O) groups is 4. The van der Waals surface area contributed by atoms with Gasteiger partial charge in [0.05, 0.1) is 5.92 Å². The fourth-order valence-electron chi connectivity index (χ4n) is 3.63. The van der Waals surface area contributed by atoms with Crippen LogP contribution in [0, 0.1) is 11.8 Å². The Kier molecular flexibility index (Phi) is 7.18. The van der Waals surface area contributed by atoms with Crippen LogP contribution < -0.4 is 10.1 Å². The highest BCUT2D eigenvalue weighted by molar-refractivity contribution is 6.09. The van der Waals surface area contributed by atoms with Crippen LogP contribution in [0.1, 0.15) is 48.5 Å². The largest absolute Gasteiger partial charge is 0.481 e. The Morgan fingerprint density at radius 3 is 2.00 bits per heavy atom. The van der Waals surface area contributed by atoms with Crippen LogP contribution in [0.25, 0.3) is 0 Å². The predicted molar refractivity (Wildman–Crippen MR) is 113 cm³/mol. The molecule has 1 saturated carbocycles. The quantitative estimate of drug-likeness (QED) is 0.402. The molecule has 7 heteroatoms. The van der Waals surface area contributed by atoms with Crippen LogP contribution in [0.4, 0.5) is 0 Å². The average Bonchev–Trinajstić information content (AvgIpc) is 2.79. The van der Waals surface area contributed by atoms with Crippen LogP contribution in [0.3, 0.4) is 0 Å². The second-order valence-corrected chi connectivity index (χ2v) is 7.76. The Bertz CT molecular complexity index is 946. The lowest BCUT2D eigenvalue weighted by Gasteiger charge is -2.26. The zero-order valence-electron chi connectivity index (χ0n) is 17.2. The van der Waals surface area contributed by atoms with Crippen LogP contribution >= 0.6 is 0 Å². The summed E-state index contributed by atoms with van der Waals surface area (Å²) in [6.45, 7) is 1.54. The fraction of sp³-hybridized carbons (Fsp3) is 0.333. The van der Waals surface area contributed by atoms with Gasteiger partial charge in [-0.05, 0) is 56.9 Å². The topological polar surface area (TPSA) is 110 Å². The molecule has 7 nitrogen and oxygen atoms in total. The molecule has 1 amide bonds. The summed E-state index contributed by atoms with van der Waals surface area (Å²) in [5.41, 5.74) is 1.05. The first-order chi connectivity index (χ1) is 14.8. The van der Waals surface area contributed by atoms with Gasteiger partial charge < -0.3 is 15.2 Å². The van der Waals surface area contributed by atoms with E-state index in [1.54, 1.807) is 36.4 Å². The molecule has 0 bridgehead atoms. The van der Waals surface area contributed by atoms with Crippen molar-refractivity contribution in [3.8, 4) is 5.75 Å². The third kappa shape index (κ3) is 5.78. The van der Waals surface area contributed by atoms with Crippen molar-refractivity contribution in [3.63, 3.8) is 0 Å². The highest BCUT2D eigenvalue weighted by atomic mass is 16.5. The first-order valence-corrected chi connectivity index (χ1v) is 10.3. The molecule has 3 rings (SSSR count). The van der Waals surface area contributed by atoms with Gasteiger partial charge in [-0.1, -0.05) is 30.3 Å². The number of carboxylic acid groups (broad SMARTS) is 1. The number of ether oxygens (including phenoxy) is 1. The lowest BCUT2D eigenvalue weighted by atomic mass is 9.81. The molecule has 2 aromatic rings. The fourth-order valence-corrected chi connectivity index (χ4v) is 3.63. The molecule has 31 heavy (non-hydrogen) atoms. The van der Waals surface area contributed by atoms with E-state index in [2.05, 4.69) is 5.32 Å². The average molecular weight is 423 g/mol. The molecule has 2 N–H and O–H groups in total. The Balaban J connectivity index is 1.51. The number of rotatable bonds is 7. The van der Waals surface area contributed by atoms with E-state index in [0.29, 0.717) is 36.8 Å². The summed E-state index contributed by atoms with van der Waals surface area (Å²) in [5.74, 6) is -2.26. The van der Waals surface area contributed by atoms with Crippen LogP contribution in [-0.4, -0.2) is 34.8 Å². The SMILES string of the molecule is C[C@H](NC(=O)C1CCC(C(=O)O)CC1)C(=O)Oc1ccc(C(=O)c2ccccc2)cc1. The van der Waals surface area contributed by atoms with Crippen molar-refractivity contribution in [1.29, 1.82) is 0 Å². The molecular weight excluding hydrogens is 398 g/mol. The Labute approximate surface area is 180 Å². The van der Waals surface area contributed by atoms with Gasteiger partial charge in [0, 0.05) is 17.0 Å². The normalized spacial score (nSPS) is 19.1. The van der Waals surface area contributed by atoms with E-state index in [1.807, 2.05) is 6.07 Å². The standard InChI is InChI=1S/C24H25NO6/c1-15(25-22(27)18-7-9-19(10-8-18)23(28)29)24(30)31-20-13-11-17(12-14-20)21(26)16-5-3-2-4-6-16/h2-6,11-15,18-19H,7-10H2,1H3,(H,25,27)(H,28,29)/t15-,18?,19?/m0/s1. The van der Waals surface area contributed by atoms with E-state index >= 15 is 0 Å². The molecule has 0 aliphatic heterocycles. The minimum Gasteiger partial charge on any atom is -0.481 e. The van der Waals surface area contributed by atoms with Gasteiger partial charge in [-0.2, -0.15) is 0 Å². The summed E-state index contributed by atoms with van der Waals surface area (Å²) in [7, 11) is 0. The second-order valence-electron chi connectivity index (χ2n) is 7.76. The van der Waals surface area contributed by atoms with Crippen molar-refractivity contribution in [2.45, 2.75) is 38.6 Å². The van der Waals surface area contributed by atoms with E-state index in [1.165, 1.54) is 19.1 Å². The van der Waals surface area contributed by atoms with E-state index in [4.69, 9.17) is 9.84 Å². The number of hydrogen-bond acceptors (Lipinski definition) is 5. The zero-order valence-corrected chi connectivity index (χ0v) is 17.2. The molecule has 1 aliphatic rings. The number of esters is 1. The summed E-state index contributed by atoms with van der Waals surface area (Å²) < 4.78 is 5.31. The van der Waals surface area contributed by atoms with Crippen molar-refractivity contribution in [2.24, 2.45) is 11.8 Å². The van der Waals surface area contributed by atoms with Crippen molar-refractivity contribution in [2.75, 3.05) is 0 Å². The zero-order chi connectivity index (χ0) is 22.4. The Morgan fingerprint density at radius 2 is 1.42 bits per heavy atom. The minimum absolute atomic E-state index is 0.128. The van der Waals surface area contributed by atoms with Crippen LogP contribution in [-0.2, 0) is 14.4 Å². The minimum atomic E-state index is -0.852. The highest BCUT2D eigenvalue weighted by Crippen LogP contribution is 2.29. The van der Waals surface area contributed by atoms with Crippen LogP contribution in [0.15, 0.2) is 54.6 Å². The van der Waals surface area contributed by atoms with Gasteiger partial charge in [-0.25, -0.2) is 4.79 Å². The summed E-state index contributed by atoms with van der Waals surface area (Å²) in [4.78, 5) is 48.2. The lowest BCUT2D eigenvalue weighted by Crippen LogP contribution is -2.44. The van der Waals surface area contributed by atoms with Gasteiger partial charge in [0.2, 0.25) is 5.91 Å². The lowest BCUT2D eigenvalue weighted by molar-refractivity contribution is -0.144. The molecule has 0 unspecified atom stereocenters. The molecular formula is C24H25NO6. The Hall–Kier alpha value is -3.48. The van der Waals surface area contributed by atoms with E-state index in [9.17, 15) is 19.2 Å². The molecule has 0 radical (unpaired) electrons. The molecule has 0 heterocycles. The summed E-state index contributed by atoms with van der Waals surface area (Å²) in [5, 5.41) is 11.7. The van der Waals surface area contributed by atoms with Crippen molar-refractivity contribution in [1.82, 2.24) is 5.32 Å². The molecule has 0 spiro atoms. The van der Waals surface area contributed by atoms with Gasteiger partial charge in [-0.15, -0.1) is 0 Å². The molecule has 1 fully saturated rings. The van der Waals surface area contributed by atoms with Crippen LogP contribution in [0.2, 0.25) is 0 Å². The maximum absolute atomic E-state index is 12.4. The first kappa shape index (κ1) is 22.2. The van der Waals surface area contributed by atoms with Gasteiger partial charge >= 0.3 is 11.9 Å². The third-order valence-electron chi connectivity index (χ3n) is 5.53. The third-order valence-corrected chi connectivity index (χ3v) is 5.53. The van der Waals surface area contributed by atoms with E-state index < -0.39 is 23.9 Å². The predicted octanol–water partition coefficient (Wildman–Crippen LogP) is 3.22. The monoisotopic (exact) mass is 423 g/mol. The number of carboxylic acids is 1. The first-order valence-electron chi connectivity index (χ1n) is 10.3. The highest BCUT2D eigenvalue weighted by Gasteiger charge is 2.31. The number of hydrogen-bond donors (Lipinski definition) is 2. The molecule has 0 aromatic heterocycles. The Morgan fingerprint density at radius 1 is 0.871 bits per heavy atom. The number of benzene rings is 2. The number of aliphatic carboxylic acids is 1.